The van der Waals surface area contributed by atoms with Gasteiger partial charge in [0, 0.05) is 31.2 Å². The number of hydrogen-bond acceptors (Lipinski definition) is 4. The molecule has 0 saturated heterocycles. The number of aromatic nitrogens is 3. The van der Waals surface area contributed by atoms with Gasteiger partial charge in [0.1, 0.15) is 5.82 Å². The van der Waals surface area contributed by atoms with E-state index in [9.17, 15) is 4.79 Å². The zero-order valence-corrected chi connectivity index (χ0v) is 12.8. The summed E-state index contributed by atoms with van der Waals surface area (Å²) in [4.78, 5) is 18.4. The molecule has 3 aromatic rings. The third-order valence-electron chi connectivity index (χ3n) is 3.27. The normalized spacial score (nSPS) is 10.7. The largest absolute Gasteiger partial charge is 0.363 e. The van der Waals surface area contributed by atoms with Crippen LogP contribution in [0.4, 0.5) is 11.5 Å². The molecule has 7 heteroatoms. The second kappa shape index (κ2) is 5.65. The lowest BCUT2D eigenvalue weighted by molar-refractivity contribution is 0.102. The summed E-state index contributed by atoms with van der Waals surface area (Å²) in [7, 11) is 3.74. The van der Waals surface area contributed by atoms with E-state index < -0.39 is 0 Å². The molecule has 2 heterocycles. The van der Waals surface area contributed by atoms with Gasteiger partial charge in [0.25, 0.3) is 5.91 Å². The van der Waals surface area contributed by atoms with Crippen molar-refractivity contribution in [3.8, 4) is 0 Å². The number of H-pyrrole nitrogens is 1. The molecule has 22 heavy (non-hydrogen) atoms. The van der Waals surface area contributed by atoms with E-state index in [1.807, 2.05) is 25.1 Å². The Balaban J connectivity index is 1.89. The molecule has 0 aliphatic rings. The lowest BCUT2D eigenvalue weighted by Crippen LogP contribution is -2.15. The van der Waals surface area contributed by atoms with Crippen molar-refractivity contribution in [2.24, 2.45) is 0 Å². The maximum atomic E-state index is 12.4. The van der Waals surface area contributed by atoms with Crippen LogP contribution in [-0.4, -0.2) is 35.2 Å². The van der Waals surface area contributed by atoms with Crippen LogP contribution >= 0.6 is 11.6 Å². The molecule has 0 fully saturated rings. The third kappa shape index (κ3) is 2.60. The summed E-state index contributed by atoms with van der Waals surface area (Å²) < 4.78 is 0. The maximum absolute atomic E-state index is 12.4. The summed E-state index contributed by atoms with van der Waals surface area (Å²) in [6.07, 6.45) is 3.23. The highest BCUT2D eigenvalue weighted by molar-refractivity contribution is 6.38. The Hall–Kier alpha value is -2.60. The number of aromatic amines is 1. The van der Waals surface area contributed by atoms with Gasteiger partial charge < -0.3 is 10.2 Å². The Morgan fingerprint density at radius 3 is 2.91 bits per heavy atom. The van der Waals surface area contributed by atoms with Crippen LogP contribution in [0.5, 0.6) is 0 Å². The van der Waals surface area contributed by atoms with Crippen LogP contribution in [0.25, 0.3) is 10.9 Å². The SMILES string of the molecule is CN(C)c1cc(C(=O)Nc2ccc3[nH]ncc3c2Cl)ccn1. The number of anilines is 2. The van der Waals surface area contributed by atoms with Gasteiger partial charge in [-0.15, -0.1) is 0 Å². The number of pyridine rings is 1. The van der Waals surface area contributed by atoms with Crippen LogP contribution in [0.15, 0.2) is 36.7 Å². The summed E-state index contributed by atoms with van der Waals surface area (Å²) in [6, 6.07) is 6.95. The fraction of sp³-hybridized carbons (Fsp3) is 0.133. The first-order valence-corrected chi connectivity index (χ1v) is 7.00. The van der Waals surface area contributed by atoms with E-state index in [-0.39, 0.29) is 5.91 Å². The first kappa shape index (κ1) is 14.3. The van der Waals surface area contributed by atoms with Crippen LogP contribution in [0, 0.1) is 0 Å². The van der Waals surface area contributed by atoms with E-state index in [0.29, 0.717) is 22.1 Å². The van der Waals surface area contributed by atoms with Gasteiger partial charge >= 0.3 is 0 Å². The molecule has 0 aliphatic heterocycles. The molecule has 3 rings (SSSR count). The number of nitrogens with zero attached hydrogens (tertiary/aromatic N) is 3. The van der Waals surface area contributed by atoms with Crippen LogP contribution in [0.1, 0.15) is 10.4 Å². The first-order chi connectivity index (χ1) is 10.6. The minimum absolute atomic E-state index is 0.241. The fourth-order valence-corrected chi connectivity index (χ4v) is 2.34. The number of carbonyl (C=O) groups excluding carboxylic acids is 1. The Labute approximate surface area is 132 Å². The van der Waals surface area contributed by atoms with Crippen molar-refractivity contribution in [2.45, 2.75) is 0 Å². The van der Waals surface area contributed by atoms with Gasteiger partial charge in [0.15, 0.2) is 0 Å². The van der Waals surface area contributed by atoms with E-state index in [2.05, 4.69) is 20.5 Å². The molecule has 112 valence electrons. The van der Waals surface area contributed by atoms with E-state index in [1.54, 1.807) is 30.6 Å². The molecule has 2 N–H and O–H groups in total. The number of nitrogens with one attached hydrogen (secondary N) is 2. The van der Waals surface area contributed by atoms with Crippen molar-refractivity contribution in [1.29, 1.82) is 0 Å². The standard InChI is InChI=1S/C15H14ClN5O/c1-21(2)13-7-9(5-6-17-13)15(22)19-12-4-3-11-10(14(12)16)8-18-20-11/h3-8H,1-2H3,(H,18,20)(H,19,22). The summed E-state index contributed by atoms with van der Waals surface area (Å²) in [5.74, 6) is 0.472. The van der Waals surface area contributed by atoms with Gasteiger partial charge in [0.2, 0.25) is 0 Å². The van der Waals surface area contributed by atoms with Crippen LogP contribution < -0.4 is 10.2 Å². The lowest BCUT2D eigenvalue weighted by Gasteiger charge is -2.12. The van der Waals surface area contributed by atoms with E-state index >= 15 is 0 Å². The predicted octanol–water partition coefficient (Wildman–Crippen LogP) is 2.93. The van der Waals surface area contributed by atoms with Crippen molar-refractivity contribution in [3.63, 3.8) is 0 Å². The van der Waals surface area contributed by atoms with Crippen molar-refractivity contribution in [1.82, 2.24) is 15.2 Å². The highest BCUT2D eigenvalue weighted by Gasteiger charge is 2.12. The first-order valence-electron chi connectivity index (χ1n) is 6.62. The smallest absolute Gasteiger partial charge is 0.255 e. The quantitative estimate of drug-likeness (QED) is 0.779. The average molecular weight is 316 g/mol. The Bertz CT molecular complexity index is 843. The topological polar surface area (TPSA) is 73.9 Å². The predicted molar refractivity (Wildman–Crippen MR) is 87.6 cm³/mol. The molecule has 0 radical (unpaired) electrons. The fourth-order valence-electron chi connectivity index (χ4n) is 2.08. The van der Waals surface area contributed by atoms with Gasteiger partial charge in [-0.05, 0) is 24.3 Å². The molecule has 6 nitrogen and oxygen atoms in total. The van der Waals surface area contributed by atoms with Gasteiger partial charge in [-0.1, -0.05) is 11.6 Å². The molecule has 1 aromatic carbocycles. The van der Waals surface area contributed by atoms with E-state index in [4.69, 9.17) is 11.6 Å². The minimum Gasteiger partial charge on any atom is -0.363 e. The minimum atomic E-state index is -0.241. The molecule has 0 aliphatic carbocycles. The molecule has 0 bridgehead atoms. The molecular weight excluding hydrogens is 302 g/mol. The number of benzene rings is 1. The number of carbonyl (C=O) groups is 1. The van der Waals surface area contributed by atoms with Crippen molar-refractivity contribution >= 4 is 39.9 Å². The Morgan fingerprint density at radius 1 is 1.32 bits per heavy atom. The second-order valence-corrected chi connectivity index (χ2v) is 5.39. The van der Waals surface area contributed by atoms with Gasteiger partial charge in [0.05, 0.1) is 22.4 Å². The zero-order valence-electron chi connectivity index (χ0n) is 12.1. The third-order valence-corrected chi connectivity index (χ3v) is 3.68. The summed E-state index contributed by atoms with van der Waals surface area (Å²) >= 11 is 6.30. The molecule has 2 aromatic heterocycles. The van der Waals surface area contributed by atoms with Crippen LogP contribution in [0.2, 0.25) is 5.02 Å². The highest BCUT2D eigenvalue weighted by atomic mass is 35.5. The van der Waals surface area contributed by atoms with Gasteiger partial charge in [-0.3, -0.25) is 9.89 Å². The summed E-state index contributed by atoms with van der Waals surface area (Å²) in [5.41, 5.74) is 1.88. The van der Waals surface area contributed by atoms with Gasteiger partial charge in [-0.25, -0.2) is 4.98 Å². The summed E-state index contributed by atoms with van der Waals surface area (Å²) in [5, 5.41) is 10.8. The number of rotatable bonds is 3. The zero-order chi connectivity index (χ0) is 15.7. The number of fused-ring (bicyclic) bond motifs is 1. The van der Waals surface area contributed by atoms with Crippen molar-refractivity contribution in [3.05, 3.63) is 47.2 Å². The van der Waals surface area contributed by atoms with Crippen LogP contribution in [-0.2, 0) is 0 Å². The highest BCUT2D eigenvalue weighted by Crippen LogP contribution is 2.30. The van der Waals surface area contributed by atoms with E-state index in [0.717, 1.165) is 10.9 Å². The average Bonchev–Trinajstić information content (AvgIpc) is 2.99. The van der Waals surface area contributed by atoms with Crippen LogP contribution in [0.3, 0.4) is 0 Å². The maximum Gasteiger partial charge on any atom is 0.255 e. The van der Waals surface area contributed by atoms with Gasteiger partial charge in [-0.2, -0.15) is 5.10 Å². The molecular formula is C15H14ClN5O. The molecule has 1 amide bonds. The number of hydrogen-bond donors (Lipinski definition) is 2. The molecule has 0 unspecified atom stereocenters. The van der Waals surface area contributed by atoms with Crippen molar-refractivity contribution in [2.75, 3.05) is 24.3 Å². The molecule has 0 spiro atoms. The molecule has 0 atom stereocenters. The molecule has 0 saturated carbocycles. The number of halogens is 1. The Kier molecular flexibility index (Phi) is 3.68. The second-order valence-electron chi connectivity index (χ2n) is 5.01. The monoisotopic (exact) mass is 315 g/mol. The van der Waals surface area contributed by atoms with Crippen molar-refractivity contribution < 1.29 is 4.79 Å². The number of amides is 1. The van der Waals surface area contributed by atoms with E-state index in [1.165, 1.54) is 0 Å². The lowest BCUT2D eigenvalue weighted by atomic mass is 10.2. The summed E-state index contributed by atoms with van der Waals surface area (Å²) in [6.45, 7) is 0. The Morgan fingerprint density at radius 2 is 2.14 bits per heavy atom.